The van der Waals surface area contributed by atoms with Crippen LogP contribution in [0.25, 0.3) is 0 Å². The molecule has 0 saturated heterocycles. The number of rotatable bonds is 20. The average molecular weight is 595 g/mol. The van der Waals surface area contributed by atoms with Gasteiger partial charge in [-0.25, -0.2) is 0 Å². The minimum atomic E-state index is -0.418. The molecule has 3 aromatic carbocycles. The van der Waals surface area contributed by atoms with E-state index in [2.05, 4.69) is 120 Å². The van der Waals surface area contributed by atoms with Gasteiger partial charge in [0, 0.05) is 0 Å². The molecule has 230 valence electrons. The van der Waals surface area contributed by atoms with E-state index in [-0.39, 0.29) is 5.41 Å². The lowest BCUT2D eigenvalue weighted by Gasteiger charge is -2.33. The van der Waals surface area contributed by atoms with Crippen molar-refractivity contribution in [1.29, 1.82) is 0 Å². The third kappa shape index (κ3) is 13.4. The van der Waals surface area contributed by atoms with Gasteiger partial charge in [0.1, 0.15) is 12.4 Å². The molecule has 0 saturated carbocycles. The van der Waals surface area contributed by atoms with Crippen molar-refractivity contribution >= 4 is 18.5 Å². The Balaban J connectivity index is 1.15. The summed E-state index contributed by atoms with van der Waals surface area (Å²) in [6.07, 6.45) is 2.13. The summed E-state index contributed by atoms with van der Waals surface area (Å²) in [7, 11) is -0.418. The van der Waals surface area contributed by atoms with Crippen molar-refractivity contribution in [2.75, 3.05) is 65.6 Å². The van der Waals surface area contributed by atoms with Crippen LogP contribution in [0.15, 0.2) is 84.9 Å². The van der Waals surface area contributed by atoms with Crippen molar-refractivity contribution < 1.29 is 23.7 Å². The SMILES string of the molecule is CC(C)(C)CC(C)(C)c1ccc(OCCOCCOCCOCCOCCP(c2ccccc2)c2ccccc2)cc1. The van der Waals surface area contributed by atoms with Crippen LogP contribution in [-0.2, 0) is 24.4 Å². The van der Waals surface area contributed by atoms with Gasteiger partial charge in [-0.2, -0.15) is 0 Å². The lowest BCUT2D eigenvalue weighted by molar-refractivity contribution is -0.00323. The zero-order valence-electron chi connectivity index (χ0n) is 26.3. The average Bonchev–Trinajstić information content (AvgIpc) is 2.97. The molecule has 0 N–H and O–H groups in total. The van der Waals surface area contributed by atoms with Crippen molar-refractivity contribution in [2.24, 2.45) is 5.41 Å². The Morgan fingerprint density at radius 3 is 1.38 bits per heavy atom. The van der Waals surface area contributed by atoms with Crippen molar-refractivity contribution in [2.45, 2.75) is 46.5 Å². The van der Waals surface area contributed by atoms with E-state index in [1.807, 2.05) is 0 Å². The predicted octanol–water partition coefficient (Wildman–Crippen LogP) is 6.98. The number of benzene rings is 3. The fraction of sp³-hybridized carbons (Fsp3) is 0.500. The van der Waals surface area contributed by atoms with Crippen LogP contribution in [0.4, 0.5) is 0 Å². The van der Waals surface area contributed by atoms with E-state index < -0.39 is 7.92 Å². The second-order valence-corrected chi connectivity index (χ2v) is 14.6. The maximum atomic E-state index is 5.88. The summed E-state index contributed by atoms with van der Waals surface area (Å²) >= 11 is 0. The summed E-state index contributed by atoms with van der Waals surface area (Å²) in [6.45, 7) is 16.6. The number of hydrogen-bond acceptors (Lipinski definition) is 5. The molecule has 0 heterocycles. The predicted molar refractivity (Wildman–Crippen MR) is 176 cm³/mol. The zero-order chi connectivity index (χ0) is 30.1. The van der Waals surface area contributed by atoms with Gasteiger partial charge in [-0.15, -0.1) is 0 Å². The summed E-state index contributed by atoms with van der Waals surface area (Å²) < 4.78 is 28.6. The highest BCUT2D eigenvalue weighted by molar-refractivity contribution is 7.73. The van der Waals surface area contributed by atoms with Crippen LogP contribution < -0.4 is 15.3 Å². The lowest BCUT2D eigenvalue weighted by atomic mass is 9.72. The highest BCUT2D eigenvalue weighted by atomic mass is 31.1. The zero-order valence-corrected chi connectivity index (χ0v) is 27.2. The third-order valence-corrected chi connectivity index (χ3v) is 9.29. The minimum Gasteiger partial charge on any atom is -0.491 e. The van der Waals surface area contributed by atoms with E-state index in [9.17, 15) is 0 Å². The molecule has 0 unspecified atom stereocenters. The molecule has 0 atom stereocenters. The second kappa shape index (κ2) is 18.4. The fourth-order valence-corrected chi connectivity index (χ4v) is 7.38. The van der Waals surface area contributed by atoms with Gasteiger partial charge in [0.25, 0.3) is 0 Å². The van der Waals surface area contributed by atoms with E-state index in [0.29, 0.717) is 58.3 Å². The van der Waals surface area contributed by atoms with Crippen LogP contribution in [0.1, 0.15) is 46.6 Å². The molecule has 0 spiro atoms. The molecule has 0 radical (unpaired) electrons. The normalized spacial score (nSPS) is 12.1. The molecule has 0 aliphatic heterocycles. The van der Waals surface area contributed by atoms with Gasteiger partial charge in [0.15, 0.2) is 0 Å². The first kappa shape index (κ1) is 34.2. The minimum absolute atomic E-state index is 0.134. The molecule has 0 aliphatic carbocycles. The Morgan fingerprint density at radius 2 is 0.929 bits per heavy atom. The maximum absolute atomic E-state index is 5.88. The van der Waals surface area contributed by atoms with E-state index in [0.717, 1.165) is 24.9 Å². The van der Waals surface area contributed by atoms with Crippen LogP contribution in [0, 0.1) is 5.41 Å². The lowest BCUT2D eigenvalue weighted by Crippen LogP contribution is -2.24. The van der Waals surface area contributed by atoms with Crippen molar-refractivity contribution in [3.8, 4) is 5.75 Å². The molecule has 0 amide bonds. The third-order valence-electron chi connectivity index (χ3n) is 6.82. The van der Waals surface area contributed by atoms with Crippen LogP contribution in [0.5, 0.6) is 5.75 Å². The summed E-state index contributed by atoms with van der Waals surface area (Å²) in [5.41, 5.74) is 1.76. The largest absolute Gasteiger partial charge is 0.491 e. The van der Waals surface area contributed by atoms with Crippen LogP contribution >= 0.6 is 7.92 Å². The molecule has 3 aromatic rings. The van der Waals surface area contributed by atoms with Gasteiger partial charge in [0.2, 0.25) is 0 Å². The Bertz CT molecular complexity index is 1060. The Labute approximate surface area is 255 Å². The van der Waals surface area contributed by atoms with Gasteiger partial charge in [0.05, 0.1) is 52.9 Å². The van der Waals surface area contributed by atoms with E-state index in [4.69, 9.17) is 23.7 Å². The quantitative estimate of drug-likeness (QED) is 0.104. The highest BCUT2D eigenvalue weighted by Crippen LogP contribution is 2.36. The standard InChI is InChI=1S/C36H51O5P/c1-35(2,3)30-36(4,5)31-16-18-32(19-17-31)41-27-26-39-23-22-37-20-21-38-24-25-40-28-29-42(33-12-8-6-9-13-33)34-14-10-7-11-15-34/h6-19H,20-30H2,1-5H3. The molecule has 5 nitrogen and oxygen atoms in total. The monoisotopic (exact) mass is 594 g/mol. The Kier molecular flexibility index (Phi) is 15.0. The first-order valence-corrected chi connectivity index (χ1v) is 16.7. The van der Waals surface area contributed by atoms with E-state index >= 15 is 0 Å². The molecule has 0 bridgehead atoms. The molecule has 3 rings (SSSR count). The van der Waals surface area contributed by atoms with Gasteiger partial charge in [-0.3, -0.25) is 0 Å². The maximum Gasteiger partial charge on any atom is 0.119 e. The molecule has 6 heteroatoms. The van der Waals surface area contributed by atoms with Crippen molar-refractivity contribution in [3.63, 3.8) is 0 Å². The molecular weight excluding hydrogens is 543 g/mol. The van der Waals surface area contributed by atoms with Gasteiger partial charge < -0.3 is 23.7 Å². The Hall–Kier alpha value is -2.27. The number of hydrogen-bond donors (Lipinski definition) is 0. The first-order valence-electron chi connectivity index (χ1n) is 15.2. The molecule has 42 heavy (non-hydrogen) atoms. The topological polar surface area (TPSA) is 46.2 Å². The summed E-state index contributed by atoms with van der Waals surface area (Å²) in [5, 5.41) is 2.77. The summed E-state index contributed by atoms with van der Waals surface area (Å²) in [4.78, 5) is 0. The molecular formula is C36H51O5P. The van der Waals surface area contributed by atoms with Gasteiger partial charge >= 0.3 is 0 Å². The number of ether oxygens (including phenoxy) is 5. The van der Waals surface area contributed by atoms with E-state index in [1.54, 1.807) is 0 Å². The van der Waals surface area contributed by atoms with Crippen LogP contribution in [0.2, 0.25) is 0 Å². The van der Waals surface area contributed by atoms with Crippen molar-refractivity contribution in [1.82, 2.24) is 0 Å². The van der Waals surface area contributed by atoms with E-state index in [1.165, 1.54) is 16.2 Å². The van der Waals surface area contributed by atoms with Crippen LogP contribution in [0.3, 0.4) is 0 Å². The second-order valence-electron chi connectivity index (χ2n) is 12.3. The van der Waals surface area contributed by atoms with Crippen molar-refractivity contribution in [3.05, 3.63) is 90.5 Å². The van der Waals surface area contributed by atoms with Crippen LogP contribution in [-0.4, -0.2) is 65.6 Å². The molecule has 0 aliphatic rings. The molecule has 0 fully saturated rings. The summed E-state index contributed by atoms with van der Waals surface area (Å²) in [6, 6.07) is 29.9. The first-order chi connectivity index (χ1) is 20.2. The van der Waals surface area contributed by atoms with Gasteiger partial charge in [-0.1, -0.05) is 107 Å². The highest BCUT2D eigenvalue weighted by Gasteiger charge is 2.27. The Morgan fingerprint density at radius 1 is 0.500 bits per heavy atom. The summed E-state index contributed by atoms with van der Waals surface area (Å²) in [5.74, 6) is 0.875. The van der Waals surface area contributed by atoms with Gasteiger partial charge in [-0.05, 0) is 59.6 Å². The fourth-order valence-electron chi connectivity index (χ4n) is 5.19. The smallest absolute Gasteiger partial charge is 0.119 e. The molecule has 0 aromatic heterocycles.